The minimum absolute atomic E-state index is 0.0681. The number of nitrogens with one attached hydrogen (secondary N) is 1. The minimum atomic E-state index is -1.14. The molecule has 0 spiro atoms. The van der Waals surface area contributed by atoms with Crippen LogP contribution in [0.25, 0.3) is 0 Å². The van der Waals surface area contributed by atoms with Crippen LogP contribution >= 0.6 is 15.9 Å². The quantitative estimate of drug-likeness (QED) is 0.823. The number of benzene rings is 2. The zero-order chi connectivity index (χ0) is 16.0. The summed E-state index contributed by atoms with van der Waals surface area (Å²) in [5.74, 6) is -0.512. The third kappa shape index (κ3) is 2.29. The van der Waals surface area contributed by atoms with E-state index in [1.807, 2.05) is 24.3 Å². The molecule has 4 rings (SSSR count). The first-order valence-electron chi connectivity index (χ1n) is 7.68. The molecule has 4 heteroatoms. The van der Waals surface area contributed by atoms with Crippen LogP contribution in [0.5, 0.6) is 0 Å². The smallest absolute Gasteiger partial charge is 0.0736 e. The Bertz CT molecular complexity index is 815. The summed E-state index contributed by atoms with van der Waals surface area (Å²) < 4.78 is 1.04. The molecule has 0 saturated carbocycles. The van der Waals surface area contributed by atoms with Crippen LogP contribution < -0.4 is 10.4 Å². The van der Waals surface area contributed by atoms with Crippen molar-refractivity contribution in [3.05, 3.63) is 75.8 Å². The number of carboxylic acids is 1. The molecular weight excluding hydrogens is 354 g/mol. The maximum absolute atomic E-state index is 11.5. The number of carboxylic acid groups (broad SMARTS) is 1. The number of halogens is 1. The molecule has 2 aliphatic rings. The summed E-state index contributed by atoms with van der Waals surface area (Å²) in [6.45, 7) is 0. The summed E-state index contributed by atoms with van der Waals surface area (Å²) in [6.07, 6.45) is 5.38. The topological polar surface area (TPSA) is 52.2 Å². The fourth-order valence-electron chi connectivity index (χ4n) is 3.83. The number of allylic oxidation sites excluding steroid dienone is 2. The van der Waals surface area contributed by atoms with Crippen LogP contribution in [0.1, 0.15) is 39.9 Å². The standard InChI is InChI=1S/C19H16BrNO2/c20-16-10-2-1-5-14(16)17-12-7-3-6-11(12)13-8-4-9-15(19(22)23)18(13)21-17/h1-6,8-12,17,21H,7H2,(H,22,23)/p-1/t11-,12+,17-/m0/s1. The third-order valence-electron chi connectivity index (χ3n) is 4.86. The minimum Gasteiger partial charge on any atom is -0.545 e. The Morgan fingerprint density at radius 3 is 2.70 bits per heavy atom. The zero-order valence-electron chi connectivity index (χ0n) is 12.3. The van der Waals surface area contributed by atoms with E-state index in [2.05, 4.69) is 39.5 Å². The molecule has 1 aliphatic heterocycles. The summed E-state index contributed by atoms with van der Waals surface area (Å²) in [4.78, 5) is 11.5. The van der Waals surface area contributed by atoms with Gasteiger partial charge < -0.3 is 15.2 Å². The van der Waals surface area contributed by atoms with E-state index in [4.69, 9.17) is 0 Å². The van der Waals surface area contributed by atoms with Crippen LogP contribution in [0, 0.1) is 5.92 Å². The highest BCUT2D eigenvalue weighted by Crippen LogP contribution is 2.51. The molecule has 0 aromatic heterocycles. The lowest BCUT2D eigenvalue weighted by Crippen LogP contribution is -2.32. The van der Waals surface area contributed by atoms with Gasteiger partial charge in [0, 0.05) is 21.6 Å². The molecule has 0 saturated heterocycles. The van der Waals surface area contributed by atoms with E-state index in [0.717, 1.165) is 22.0 Å². The van der Waals surface area contributed by atoms with Crippen molar-refractivity contribution < 1.29 is 9.90 Å². The lowest BCUT2D eigenvalue weighted by atomic mass is 9.76. The van der Waals surface area contributed by atoms with Crippen molar-refractivity contribution >= 4 is 27.6 Å². The maximum atomic E-state index is 11.5. The van der Waals surface area contributed by atoms with E-state index in [9.17, 15) is 9.90 Å². The lowest BCUT2D eigenvalue weighted by molar-refractivity contribution is -0.254. The Balaban J connectivity index is 1.87. The van der Waals surface area contributed by atoms with Crippen molar-refractivity contribution in [3.63, 3.8) is 0 Å². The SMILES string of the molecule is O=C([O-])c1cccc2c1N[C@H](c1ccccc1Br)[C@@H]1CC=C[C@H]21. The molecule has 116 valence electrons. The average Bonchev–Trinajstić information content (AvgIpc) is 3.04. The monoisotopic (exact) mass is 368 g/mol. The molecule has 2 aromatic carbocycles. The fraction of sp³-hybridized carbons (Fsp3) is 0.211. The number of hydrogen-bond acceptors (Lipinski definition) is 3. The van der Waals surface area contributed by atoms with Crippen LogP contribution in [0.4, 0.5) is 5.69 Å². The van der Waals surface area contributed by atoms with E-state index >= 15 is 0 Å². The number of aromatic carboxylic acids is 1. The molecule has 0 fully saturated rings. The van der Waals surface area contributed by atoms with Gasteiger partial charge in [0.05, 0.1) is 12.0 Å². The van der Waals surface area contributed by atoms with Gasteiger partial charge in [0.2, 0.25) is 0 Å². The fourth-order valence-corrected chi connectivity index (χ4v) is 4.36. The van der Waals surface area contributed by atoms with Crippen molar-refractivity contribution in [2.75, 3.05) is 5.32 Å². The highest BCUT2D eigenvalue weighted by molar-refractivity contribution is 9.10. The zero-order valence-corrected chi connectivity index (χ0v) is 13.9. The molecule has 1 N–H and O–H groups in total. The Hall–Kier alpha value is -2.07. The molecule has 1 heterocycles. The largest absolute Gasteiger partial charge is 0.545 e. The number of para-hydroxylation sites is 1. The van der Waals surface area contributed by atoms with Crippen LogP contribution in [0.2, 0.25) is 0 Å². The predicted octanol–water partition coefficient (Wildman–Crippen LogP) is 3.64. The van der Waals surface area contributed by atoms with E-state index in [0.29, 0.717) is 11.6 Å². The van der Waals surface area contributed by atoms with Crippen LogP contribution in [-0.2, 0) is 0 Å². The van der Waals surface area contributed by atoms with Gasteiger partial charge in [-0.25, -0.2) is 0 Å². The Morgan fingerprint density at radius 1 is 1.13 bits per heavy atom. The van der Waals surface area contributed by atoms with E-state index in [-0.39, 0.29) is 17.5 Å². The number of rotatable bonds is 2. The van der Waals surface area contributed by atoms with Gasteiger partial charge in [-0.05, 0) is 29.5 Å². The molecule has 0 amide bonds. The first-order valence-corrected chi connectivity index (χ1v) is 8.48. The first kappa shape index (κ1) is 14.5. The highest BCUT2D eigenvalue weighted by atomic mass is 79.9. The lowest BCUT2D eigenvalue weighted by Gasteiger charge is -2.39. The number of carbonyl (C=O) groups excluding carboxylic acids is 1. The summed E-state index contributed by atoms with van der Waals surface area (Å²) in [5, 5.41) is 15.0. The Kier molecular flexibility index (Phi) is 3.49. The van der Waals surface area contributed by atoms with Gasteiger partial charge in [-0.3, -0.25) is 0 Å². The number of fused-ring (bicyclic) bond motifs is 3. The molecule has 0 bridgehead atoms. The second kappa shape index (κ2) is 5.53. The Labute approximate surface area is 143 Å². The summed E-state index contributed by atoms with van der Waals surface area (Å²) >= 11 is 3.63. The molecule has 1 aliphatic carbocycles. The number of anilines is 1. The second-order valence-electron chi connectivity index (χ2n) is 6.05. The van der Waals surface area contributed by atoms with Crippen molar-refractivity contribution in [2.45, 2.75) is 18.4 Å². The van der Waals surface area contributed by atoms with Gasteiger partial charge in [-0.15, -0.1) is 0 Å². The summed E-state index contributed by atoms with van der Waals surface area (Å²) in [6, 6.07) is 13.6. The van der Waals surface area contributed by atoms with Crippen LogP contribution in [-0.4, -0.2) is 5.97 Å². The maximum Gasteiger partial charge on any atom is 0.0736 e. The normalized spacial score (nSPS) is 24.7. The van der Waals surface area contributed by atoms with Gasteiger partial charge in [0.1, 0.15) is 0 Å². The van der Waals surface area contributed by atoms with Gasteiger partial charge >= 0.3 is 0 Å². The second-order valence-corrected chi connectivity index (χ2v) is 6.91. The number of hydrogen-bond donors (Lipinski definition) is 1. The predicted molar refractivity (Wildman–Crippen MR) is 91.3 cm³/mol. The molecule has 2 aromatic rings. The van der Waals surface area contributed by atoms with Gasteiger partial charge in [-0.1, -0.05) is 64.5 Å². The van der Waals surface area contributed by atoms with E-state index in [1.165, 1.54) is 0 Å². The molecule has 3 nitrogen and oxygen atoms in total. The van der Waals surface area contributed by atoms with Crippen molar-refractivity contribution in [1.82, 2.24) is 0 Å². The summed E-state index contributed by atoms with van der Waals surface area (Å²) in [7, 11) is 0. The number of carbonyl (C=O) groups is 1. The van der Waals surface area contributed by atoms with Gasteiger partial charge in [0.15, 0.2) is 0 Å². The average molecular weight is 369 g/mol. The Morgan fingerprint density at radius 2 is 1.91 bits per heavy atom. The van der Waals surface area contributed by atoms with Crippen molar-refractivity contribution in [2.24, 2.45) is 5.92 Å². The van der Waals surface area contributed by atoms with Gasteiger partial charge in [0.25, 0.3) is 0 Å². The van der Waals surface area contributed by atoms with Crippen molar-refractivity contribution in [1.29, 1.82) is 0 Å². The van der Waals surface area contributed by atoms with Gasteiger partial charge in [-0.2, -0.15) is 0 Å². The molecular formula is C19H15BrNO2-. The van der Waals surface area contributed by atoms with E-state index in [1.54, 1.807) is 12.1 Å². The molecule has 3 atom stereocenters. The highest BCUT2D eigenvalue weighted by Gasteiger charge is 2.39. The van der Waals surface area contributed by atoms with Crippen LogP contribution in [0.15, 0.2) is 59.1 Å². The molecule has 0 unspecified atom stereocenters. The molecule has 23 heavy (non-hydrogen) atoms. The van der Waals surface area contributed by atoms with Crippen molar-refractivity contribution in [3.8, 4) is 0 Å². The third-order valence-corrected chi connectivity index (χ3v) is 5.58. The summed E-state index contributed by atoms with van der Waals surface area (Å²) in [5.41, 5.74) is 3.14. The first-order chi connectivity index (χ1) is 11.2. The molecule has 0 radical (unpaired) electrons. The van der Waals surface area contributed by atoms with E-state index < -0.39 is 5.97 Å². The van der Waals surface area contributed by atoms with Crippen LogP contribution in [0.3, 0.4) is 0 Å².